The van der Waals surface area contributed by atoms with E-state index in [9.17, 15) is 0 Å². The first kappa shape index (κ1) is 15.7. The molecule has 2 atom stereocenters. The van der Waals surface area contributed by atoms with Gasteiger partial charge in [0.05, 0.1) is 0 Å². The maximum absolute atomic E-state index is 2.33. The van der Waals surface area contributed by atoms with Gasteiger partial charge in [0.25, 0.3) is 0 Å². The van der Waals surface area contributed by atoms with Gasteiger partial charge in [-0.05, 0) is 0 Å². The van der Waals surface area contributed by atoms with Gasteiger partial charge in [0, 0.05) is 103 Å². The summed E-state index contributed by atoms with van der Waals surface area (Å²) in [6.07, 6.45) is 0. The fraction of sp³-hybridized carbons (Fsp3) is 0. The average molecular weight is 144 g/mol. The summed E-state index contributed by atoms with van der Waals surface area (Å²) < 4.78 is 0. The average Bonchev–Trinajstić information content (AvgIpc) is 1.00. The van der Waals surface area contributed by atoms with Crippen LogP contribution in [0.4, 0.5) is 0 Å². The Hall–Kier alpha value is 4.13. The quantitative estimate of drug-likeness (QED) is 0.329. The minimum atomic E-state index is 0. The maximum atomic E-state index is 2.33. The zero-order valence-corrected chi connectivity index (χ0v) is 11.7. The van der Waals surface area contributed by atoms with Gasteiger partial charge in [-0.25, -0.2) is 0 Å². The molecular weight excluding hydrogens is 140 g/mol. The molecule has 0 aliphatic heterocycles. The van der Waals surface area contributed by atoms with Gasteiger partial charge >= 0.3 is 0 Å². The van der Waals surface area contributed by atoms with Gasteiger partial charge < -0.3 is 0 Å². The van der Waals surface area contributed by atoms with E-state index in [1.165, 1.54) is 0 Å². The number of hydrogen-bond donors (Lipinski definition) is 0. The molecule has 0 fully saturated rings. The molecule has 0 amide bonds. The summed E-state index contributed by atoms with van der Waals surface area (Å²) in [6, 6.07) is 0. The van der Waals surface area contributed by atoms with E-state index in [1.54, 1.807) is 0 Å². The summed E-state index contributed by atoms with van der Waals surface area (Å²) in [6.45, 7) is 0. The fourth-order valence-corrected chi connectivity index (χ4v) is 0. The largest absolute Gasteiger partial charge is 0.118 e. The molecular formula is H4K2P2. The monoisotopic (exact) mass is 144 g/mol. The summed E-state index contributed by atoms with van der Waals surface area (Å²) >= 11 is 0. The Morgan fingerprint density at radius 2 is 0.750 bits per heavy atom. The van der Waals surface area contributed by atoms with E-state index in [0.717, 1.165) is 0 Å². The first-order chi connectivity index (χ1) is 1.00. The number of hydrogen-bond acceptors (Lipinski definition) is 0. The van der Waals surface area contributed by atoms with Gasteiger partial charge in [0.1, 0.15) is 0 Å². The van der Waals surface area contributed by atoms with Crippen LogP contribution in [0.2, 0.25) is 0 Å². The Labute approximate surface area is 117 Å². The third-order valence-electron chi connectivity index (χ3n) is 0. The van der Waals surface area contributed by atoms with Crippen LogP contribution >= 0.6 is 17.9 Å². The van der Waals surface area contributed by atoms with E-state index < -0.39 is 0 Å². The zero-order valence-electron chi connectivity index (χ0n) is 3.15. The van der Waals surface area contributed by atoms with Crippen molar-refractivity contribution in [2.75, 3.05) is 0 Å². The summed E-state index contributed by atoms with van der Waals surface area (Å²) in [5.74, 6) is 0. The van der Waals surface area contributed by atoms with Crippen LogP contribution < -0.4 is 0 Å². The van der Waals surface area contributed by atoms with Crippen molar-refractivity contribution >= 4 is 121 Å². The molecule has 0 saturated carbocycles. The Kier molecular flexibility index (Phi) is 61.7. The SMILES string of the molecule is PP.[K].[K]. The molecule has 4 heavy (non-hydrogen) atoms. The van der Waals surface area contributed by atoms with E-state index >= 15 is 0 Å². The minimum absolute atomic E-state index is 0. The van der Waals surface area contributed by atoms with Gasteiger partial charge in [0.2, 0.25) is 0 Å². The first-order valence-electron chi connectivity index (χ1n) is 0.333. The van der Waals surface area contributed by atoms with E-state index in [-0.39, 0.29) is 103 Å². The fourth-order valence-electron chi connectivity index (χ4n) is 0. The molecule has 2 unspecified atom stereocenters. The van der Waals surface area contributed by atoms with Gasteiger partial charge in [-0.15, -0.1) is 17.9 Å². The molecule has 16 valence electrons. The predicted octanol–water partition coefficient (Wildman–Crippen LogP) is -0.110. The second-order valence-electron chi connectivity index (χ2n) is 0. The smallest absolute Gasteiger partial charge is 0 e. The maximum Gasteiger partial charge on any atom is 0 e. The van der Waals surface area contributed by atoms with E-state index in [1.807, 2.05) is 0 Å². The van der Waals surface area contributed by atoms with Crippen LogP contribution in [-0.2, 0) is 0 Å². The molecule has 0 aromatic heterocycles. The van der Waals surface area contributed by atoms with Crippen LogP contribution in [0, 0.1) is 0 Å². The summed E-state index contributed by atoms with van der Waals surface area (Å²) in [5.41, 5.74) is 0. The summed E-state index contributed by atoms with van der Waals surface area (Å²) in [5, 5.41) is 0. The molecule has 0 saturated heterocycles. The van der Waals surface area contributed by atoms with Crippen molar-refractivity contribution in [1.29, 1.82) is 0 Å². The van der Waals surface area contributed by atoms with Crippen LogP contribution in [0.15, 0.2) is 0 Å². The van der Waals surface area contributed by atoms with E-state index in [2.05, 4.69) is 17.9 Å². The minimum Gasteiger partial charge on any atom is -0.118 e. The van der Waals surface area contributed by atoms with Crippen LogP contribution in [-0.4, -0.2) is 103 Å². The van der Waals surface area contributed by atoms with E-state index in [4.69, 9.17) is 0 Å². The Morgan fingerprint density at radius 1 is 0.750 bits per heavy atom. The second kappa shape index (κ2) is 15.7. The number of rotatable bonds is 0. The van der Waals surface area contributed by atoms with Gasteiger partial charge in [-0.2, -0.15) is 0 Å². The van der Waals surface area contributed by atoms with Crippen molar-refractivity contribution < 1.29 is 0 Å². The molecule has 0 aliphatic rings. The standard InChI is InChI=1S/2K.H4P2/c;;1-2/h;;1-2H2. The van der Waals surface area contributed by atoms with Crippen LogP contribution in [0.25, 0.3) is 0 Å². The van der Waals surface area contributed by atoms with Gasteiger partial charge in [0.15, 0.2) is 0 Å². The van der Waals surface area contributed by atoms with Crippen molar-refractivity contribution in [3.63, 3.8) is 0 Å². The molecule has 0 aliphatic carbocycles. The van der Waals surface area contributed by atoms with Crippen LogP contribution in [0.3, 0.4) is 0 Å². The molecule has 4 heteroatoms. The molecule has 0 nitrogen and oxygen atoms in total. The molecule has 2 radical (unpaired) electrons. The molecule has 0 rings (SSSR count). The second-order valence-corrected chi connectivity index (χ2v) is 0. The molecule has 0 bridgehead atoms. The molecule has 0 aromatic rings. The third kappa shape index (κ3) is 9.46. The third-order valence-corrected chi connectivity index (χ3v) is 0. The van der Waals surface area contributed by atoms with Crippen molar-refractivity contribution in [2.45, 2.75) is 0 Å². The Balaban J connectivity index is -0.00000000500. The van der Waals surface area contributed by atoms with Crippen LogP contribution in [0.1, 0.15) is 0 Å². The normalized spacial score (nSPS) is 1.50. The molecule has 0 aromatic carbocycles. The Morgan fingerprint density at radius 3 is 0.750 bits per heavy atom. The summed E-state index contributed by atoms with van der Waals surface area (Å²) in [7, 11) is 4.67. The van der Waals surface area contributed by atoms with Crippen LogP contribution in [0.5, 0.6) is 0 Å². The molecule has 0 heterocycles. The summed E-state index contributed by atoms with van der Waals surface area (Å²) in [4.78, 5) is 0. The van der Waals surface area contributed by atoms with Crippen molar-refractivity contribution in [3.8, 4) is 0 Å². The van der Waals surface area contributed by atoms with Gasteiger partial charge in [-0.1, -0.05) is 0 Å². The van der Waals surface area contributed by atoms with Crippen molar-refractivity contribution in [2.24, 2.45) is 0 Å². The predicted molar refractivity (Wildman–Crippen MR) is 30.9 cm³/mol. The molecule has 0 spiro atoms. The van der Waals surface area contributed by atoms with Gasteiger partial charge in [-0.3, -0.25) is 0 Å². The van der Waals surface area contributed by atoms with Crippen molar-refractivity contribution in [1.82, 2.24) is 0 Å². The Bertz CT molecular complexity index is 4.00. The van der Waals surface area contributed by atoms with Crippen molar-refractivity contribution in [3.05, 3.63) is 0 Å². The zero-order chi connectivity index (χ0) is 2.00. The topological polar surface area (TPSA) is 0 Å². The first-order valence-corrected chi connectivity index (χ1v) is 3.00. The molecule has 0 N–H and O–H groups in total. The van der Waals surface area contributed by atoms with E-state index in [0.29, 0.717) is 0 Å².